The molecule has 28 heavy (non-hydrogen) atoms. The monoisotopic (exact) mass is 422 g/mol. The highest BCUT2D eigenvalue weighted by Gasteiger charge is 2.35. The maximum absolute atomic E-state index is 13.1. The third-order valence-electron chi connectivity index (χ3n) is 4.77. The molecule has 0 radical (unpaired) electrons. The number of esters is 1. The molecule has 0 unspecified atom stereocenters. The summed E-state index contributed by atoms with van der Waals surface area (Å²) in [5.41, 5.74) is 2.73. The molecule has 1 aliphatic rings. The average molecular weight is 423 g/mol. The molecule has 2 amide bonds. The molecule has 2 aromatic rings. The molecule has 2 atom stereocenters. The minimum atomic E-state index is -0.684. The third kappa shape index (κ3) is 4.44. The summed E-state index contributed by atoms with van der Waals surface area (Å²) in [5.74, 6) is 0.299. The van der Waals surface area contributed by atoms with Crippen LogP contribution in [0.3, 0.4) is 0 Å². The van der Waals surface area contributed by atoms with E-state index in [1.54, 1.807) is 35.1 Å². The number of aromatic amines is 1. The summed E-state index contributed by atoms with van der Waals surface area (Å²) in [6, 6.07) is 6.02. The summed E-state index contributed by atoms with van der Waals surface area (Å²) in [6.07, 6.45) is 4.77. The maximum atomic E-state index is 13.1. The standard InChI is InChI=1S/C19H23ClN4O3S/c1-27-18(25)15(8-10-28-2)23-19(26)24-9-7-14-16(22-11-21-14)17(24)12-3-5-13(20)6-4-12/h3-6,11,15,17H,7-10H2,1-2H3,(H,21,22)(H,23,26)/t15-,17+/m1/s1. The molecule has 0 saturated heterocycles. The molecular formula is C19H23ClN4O3S. The lowest BCUT2D eigenvalue weighted by Crippen LogP contribution is -2.51. The number of H-pyrrole nitrogens is 1. The number of rotatable bonds is 6. The van der Waals surface area contributed by atoms with Crippen LogP contribution >= 0.6 is 23.4 Å². The van der Waals surface area contributed by atoms with Gasteiger partial charge in [-0.15, -0.1) is 0 Å². The normalized spacial score (nSPS) is 17.0. The Labute approximate surface area is 173 Å². The quantitative estimate of drug-likeness (QED) is 0.699. The van der Waals surface area contributed by atoms with E-state index in [1.807, 2.05) is 18.4 Å². The van der Waals surface area contributed by atoms with Crippen LogP contribution in [0.1, 0.15) is 29.4 Å². The van der Waals surface area contributed by atoms with Gasteiger partial charge in [0.15, 0.2) is 0 Å². The number of hydrogen-bond donors (Lipinski definition) is 2. The highest BCUT2D eigenvalue weighted by Crippen LogP contribution is 2.33. The van der Waals surface area contributed by atoms with E-state index in [9.17, 15) is 9.59 Å². The lowest BCUT2D eigenvalue weighted by Gasteiger charge is -2.36. The van der Waals surface area contributed by atoms with Crippen LogP contribution in [0.5, 0.6) is 0 Å². The van der Waals surface area contributed by atoms with Crippen molar-refractivity contribution in [3.8, 4) is 0 Å². The lowest BCUT2D eigenvalue weighted by molar-refractivity contribution is -0.142. The van der Waals surface area contributed by atoms with Gasteiger partial charge in [0.25, 0.3) is 0 Å². The number of amides is 2. The summed E-state index contributed by atoms with van der Waals surface area (Å²) in [4.78, 5) is 34.5. The number of hydrogen-bond acceptors (Lipinski definition) is 5. The summed E-state index contributed by atoms with van der Waals surface area (Å²) in [7, 11) is 1.33. The van der Waals surface area contributed by atoms with Crippen LogP contribution in [0.25, 0.3) is 0 Å². The summed E-state index contributed by atoms with van der Waals surface area (Å²) < 4.78 is 4.85. The van der Waals surface area contributed by atoms with Gasteiger partial charge < -0.3 is 19.9 Å². The van der Waals surface area contributed by atoms with Crippen molar-refractivity contribution >= 4 is 35.4 Å². The fourth-order valence-corrected chi connectivity index (χ4v) is 3.93. The number of thioether (sulfide) groups is 1. The van der Waals surface area contributed by atoms with Gasteiger partial charge in [0, 0.05) is 23.7 Å². The molecule has 0 bridgehead atoms. The van der Waals surface area contributed by atoms with Crippen molar-refractivity contribution in [2.45, 2.75) is 24.9 Å². The Hall–Kier alpha value is -2.19. The van der Waals surface area contributed by atoms with Crippen molar-refractivity contribution in [2.24, 2.45) is 0 Å². The van der Waals surface area contributed by atoms with Crippen LogP contribution in [0, 0.1) is 0 Å². The maximum Gasteiger partial charge on any atom is 0.328 e. The molecule has 2 N–H and O–H groups in total. The van der Waals surface area contributed by atoms with E-state index in [0.29, 0.717) is 24.4 Å². The molecule has 0 saturated carbocycles. The van der Waals surface area contributed by atoms with E-state index in [1.165, 1.54) is 7.11 Å². The minimum absolute atomic E-state index is 0.315. The Morgan fingerprint density at radius 2 is 2.18 bits per heavy atom. The molecule has 1 aromatic heterocycles. The van der Waals surface area contributed by atoms with Crippen LogP contribution in [0.15, 0.2) is 30.6 Å². The van der Waals surface area contributed by atoms with Crippen LogP contribution in [-0.2, 0) is 16.0 Å². The first kappa shape index (κ1) is 20.5. The Kier molecular flexibility index (Phi) is 6.85. The lowest BCUT2D eigenvalue weighted by atomic mass is 9.96. The highest BCUT2D eigenvalue weighted by molar-refractivity contribution is 7.98. The van der Waals surface area contributed by atoms with Crippen LogP contribution in [0.4, 0.5) is 4.79 Å². The SMILES string of the molecule is COC(=O)[C@@H](CCSC)NC(=O)N1CCc2[nH]cnc2[C@@H]1c1ccc(Cl)cc1. The number of benzene rings is 1. The molecule has 9 heteroatoms. The molecular weight excluding hydrogens is 400 g/mol. The summed E-state index contributed by atoms with van der Waals surface area (Å²) in [6.45, 7) is 0.505. The van der Waals surface area contributed by atoms with Gasteiger partial charge in [0.05, 0.1) is 19.1 Å². The number of fused-ring (bicyclic) bond motifs is 1. The summed E-state index contributed by atoms with van der Waals surface area (Å²) in [5, 5.41) is 3.47. The first-order valence-electron chi connectivity index (χ1n) is 8.96. The molecule has 1 aliphatic heterocycles. The fourth-order valence-electron chi connectivity index (χ4n) is 3.34. The number of ether oxygens (including phenoxy) is 1. The van der Waals surface area contributed by atoms with Crippen molar-refractivity contribution in [2.75, 3.05) is 25.7 Å². The Morgan fingerprint density at radius 3 is 2.86 bits per heavy atom. The molecule has 0 aliphatic carbocycles. The van der Waals surface area contributed by atoms with Crippen molar-refractivity contribution in [3.05, 3.63) is 52.6 Å². The number of imidazole rings is 1. The van der Waals surface area contributed by atoms with Gasteiger partial charge in [-0.25, -0.2) is 14.6 Å². The zero-order valence-corrected chi connectivity index (χ0v) is 17.3. The minimum Gasteiger partial charge on any atom is -0.467 e. The van der Waals surface area contributed by atoms with Crippen LogP contribution < -0.4 is 5.32 Å². The third-order valence-corrected chi connectivity index (χ3v) is 5.66. The van der Waals surface area contributed by atoms with Crippen molar-refractivity contribution in [1.29, 1.82) is 0 Å². The number of nitrogens with one attached hydrogen (secondary N) is 2. The topological polar surface area (TPSA) is 87.3 Å². The second kappa shape index (κ2) is 9.34. The van der Waals surface area contributed by atoms with E-state index in [2.05, 4.69) is 15.3 Å². The molecule has 7 nitrogen and oxygen atoms in total. The van der Waals surface area contributed by atoms with Gasteiger partial charge in [0.1, 0.15) is 12.1 Å². The first-order chi connectivity index (χ1) is 13.5. The average Bonchev–Trinajstić information content (AvgIpc) is 3.19. The smallest absolute Gasteiger partial charge is 0.328 e. The number of methoxy groups -OCH3 is 1. The van der Waals surface area contributed by atoms with Crippen LogP contribution in [-0.4, -0.2) is 58.6 Å². The van der Waals surface area contributed by atoms with Gasteiger partial charge in [0.2, 0.25) is 0 Å². The van der Waals surface area contributed by atoms with Crippen molar-refractivity contribution < 1.29 is 14.3 Å². The number of aromatic nitrogens is 2. The molecule has 3 rings (SSSR count). The van der Waals surface area contributed by atoms with Gasteiger partial charge in [-0.3, -0.25) is 0 Å². The Bertz CT molecular complexity index is 827. The number of carbonyl (C=O) groups excluding carboxylic acids is 2. The Morgan fingerprint density at radius 1 is 1.43 bits per heavy atom. The van der Waals surface area contributed by atoms with E-state index < -0.39 is 12.0 Å². The van der Waals surface area contributed by atoms with E-state index in [4.69, 9.17) is 16.3 Å². The Balaban J connectivity index is 1.86. The van der Waals surface area contributed by atoms with Crippen molar-refractivity contribution in [1.82, 2.24) is 20.2 Å². The largest absolute Gasteiger partial charge is 0.467 e. The number of urea groups is 1. The molecule has 0 spiro atoms. The molecule has 150 valence electrons. The second-order valence-corrected chi connectivity index (χ2v) is 7.89. The van der Waals surface area contributed by atoms with Gasteiger partial charge in [-0.1, -0.05) is 23.7 Å². The van der Waals surface area contributed by atoms with E-state index in [-0.39, 0.29) is 12.1 Å². The number of halogens is 1. The zero-order valence-electron chi connectivity index (χ0n) is 15.8. The number of nitrogens with zero attached hydrogens (tertiary/aromatic N) is 2. The van der Waals surface area contributed by atoms with E-state index in [0.717, 1.165) is 22.7 Å². The van der Waals surface area contributed by atoms with E-state index >= 15 is 0 Å². The second-order valence-electron chi connectivity index (χ2n) is 6.47. The zero-order chi connectivity index (χ0) is 20.1. The molecule has 0 fully saturated rings. The first-order valence-corrected chi connectivity index (χ1v) is 10.7. The van der Waals surface area contributed by atoms with Crippen LogP contribution in [0.2, 0.25) is 5.02 Å². The number of carbonyl (C=O) groups is 2. The molecule has 2 heterocycles. The predicted molar refractivity (Wildman–Crippen MR) is 110 cm³/mol. The predicted octanol–water partition coefficient (Wildman–Crippen LogP) is 3.01. The van der Waals surface area contributed by atoms with Gasteiger partial charge in [-0.2, -0.15) is 11.8 Å². The molecule has 1 aromatic carbocycles. The van der Waals surface area contributed by atoms with Gasteiger partial charge >= 0.3 is 12.0 Å². The van der Waals surface area contributed by atoms with Gasteiger partial charge in [-0.05, 0) is 36.1 Å². The summed E-state index contributed by atoms with van der Waals surface area (Å²) >= 11 is 7.64. The fraction of sp³-hybridized carbons (Fsp3) is 0.421. The highest BCUT2D eigenvalue weighted by atomic mass is 35.5. The van der Waals surface area contributed by atoms with Crippen molar-refractivity contribution in [3.63, 3.8) is 0 Å².